The van der Waals surface area contributed by atoms with Gasteiger partial charge in [0, 0.05) is 10.6 Å². The van der Waals surface area contributed by atoms with Crippen LogP contribution in [0.4, 0.5) is 5.13 Å². The molecule has 2 aliphatic heterocycles. The number of ketones is 1. The second-order valence-electron chi connectivity index (χ2n) is 8.55. The highest BCUT2D eigenvalue weighted by Crippen LogP contribution is 2.45. The number of aryl methyl sites for hydroxylation is 1. The minimum atomic E-state index is -0.918. The van der Waals surface area contributed by atoms with Crippen molar-refractivity contribution in [2.75, 3.05) is 18.1 Å². The Morgan fingerprint density at radius 1 is 1.06 bits per heavy atom. The fourth-order valence-corrected chi connectivity index (χ4v) is 5.78. The molecule has 1 saturated heterocycles. The number of carbonyl (C=O) groups excluding carboxylic acids is 2. The maximum atomic E-state index is 13.4. The van der Waals surface area contributed by atoms with E-state index in [0.29, 0.717) is 46.0 Å². The van der Waals surface area contributed by atoms with Crippen LogP contribution in [0.1, 0.15) is 22.7 Å². The fraction of sp³-hybridized carbons (Fsp3) is 0.148. The van der Waals surface area contributed by atoms with Crippen molar-refractivity contribution in [2.45, 2.75) is 13.0 Å². The van der Waals surface area contributed by atoms with Crippen molar-refractivity contribution < 1.29 is 24.2 Å². The third-order valence-corrected chi connectivity index (χ3v) is 7.42. The molecule has 4 aromatic rings. The van der Waals surface area contributed by atoms with Gasteiger partial charge < -0.3 is 14.6 Å². The minimum absolute atomic E-state index is 0.0469. The van der Waals surface area contributed by atoms with Gasteiger partial charge in [0.2, 0.25) is 0 Å². The zero-order chi connectivity index (χ0) is 25.0. The highest BCUT2D eigenvalue weighted by molar-refractivity contribution is 7.22. The van der Waals surface area contributed by atoms with E-state index in [9.17, 15) is 14.7 Å². The molecule has 0 aliphatic carbocycles. The lowest BCUT2D eigenvalue weighted by Crippen LogP contribution is -2.29. The van der Waals surface area contributed by atoms with Crippen LogP contribution < -0.4 is 14.4 Å². The van der Waals surface area contributed by atoms with E-state index in [0.717, 1.165) is 15.8 Å². The first kappa shape index (κ1) is 22.6. The smallest absolute Gasteiger partial charge is 0.301 e. The van der Waals surface area contributed by atoms with E-state index in [2.05, 4.69) is 4.98 Å². The highest BCUT2D eigenvalue weighted by atomic mass is 35.5. The van der Waals surface area contributed by atoms with Gasteiger partial charge in [-0.15, -0.1) is 0 Å². The van der Waals surface area contributed by atoms with Crippen LogP contribution >= 0.6 is 22.9 Å². The van der Waals surface area contributed by atoms with Crippen molar-refractivity contribution >= 4 is 55.7 Å². The zero-order valence-corrected chi connectivity index (χ0v) is 20.6. The first-order valence-corrected chi connectivity index (χ1v) is 12.4. The number of aliphatic hydroxyl groups is 1. The second kappa shape index (κ2) is 8.65. The molecule has 3 aromatic carbocycles. The Morgan fingerprint density at radius 3 is 2.67 bits per heavy atom. The van der Waals surface area contributed by atoms with E-state index >= 15 is 0 Å². The molecule has 0 saturated carbocycles. The number of amides is 1. The van der Waals surface area contributed by atoms with Crippen LogP contribution in [0.15, 0.2) is 66.2 Å². The van der Waals surface area contributed by atoms with Crippen LogP contribution in [-0.4, -0.2) is 35.0 Å². The Hall–Kier alpha value is -3.88. The number of benzene rings is 3. The topological polar surface area (TPSA) is 89.0 Å². The van der Waals surface area contributed by atoms with Gasteiger partial charge in [0.1, 0.15) is 19.0 Å². The molecular formula is C27H19ClN2O5S. The van der Waals surface area contributed by atoms with E-state index < -0.39 is 17.7 Å². The van der Waals surface area contributed by atoms with Crippen molar-refractivity contribution in [2.24, 2.45) is 0 Å². The average molecular weight is 519 g/mol. The first-order valence-electron chi connectivity index (χ1n) is 11.2. The van der Waals surface area contributed by atoms with Gasteiger partial charge in [-0.05, 0) is 60.5 Å². The maximum absolute atomic E-state index is 13.4. The summed E-state index contributed by atoms with van der Waals surface area (Å²) in [6.45, 7) is 2.78. The molecule has 1 N–H and O–H groups in total. The molecule has 1 atom stereocenters. The summed E-state index contributed by atoms with van der Waals surface area (Å²) in [5.41, 5.74) is 2.65. The van der Waals surface area contributed by atoms with Crippen LogP contribution in [0.25, 0.3) is 16.0 Å². The number of ether oxygens (including phenoxy) is 2. The van der Waals surface area contributed by atoms with Crippen LogP contribution in [0.3, 0.4) is 0 Å². The molecule has 36 heavy (non-hydrogen) atoms. The van der Waals surface area contributed by atoms with Gasteiger partial charge in [0.15, 0.2) is 16.6 Å². The number of rotatable bonds is 3. The Bertz CT molecular complexity index is 1590. The molecule has 0 unspecified atom stereocenters. The molecular weight excluding hydrogens is 500 g/mol. The molecule has 0 spiro atoms. The van der Waals surface area contributed by atoms with Gasteiger partial charge in [0.25, 0.3) is 5.78 Å². The lowest BCUT2D eigenvalue weighted by atomic mass is 9.95. The standard InChI is InChI=1S/C27H19ClN2O5S/c1-14-5-7-18-21(11-14)36-27(29-18)30-23(15-3-2-4-17(28)12-15)22(25(32)26(30)33)24(31)16-6-8-19-20(13-16)35-10-9-34-19/h2-8,11-13,23,31H,9-10H2,1H3/b24-22+/t23-/m0/s1. The number of hydrogen-bond donors (Lipinski definition) is 1. The number of fused-ring (bicyclic) bond motifs is 2. The number of nitrogens with zero attached hydrogens (tertiary/aromatic N) is 2. The monoisotopic (exact) mass is 518 g/mol. The maximum Gasteiger partial charge on any atom is 0.301 e. The van der Waals surface area contributed by atoms with Crippen LogP contribution in [0.2, 0.25) is 5.02 Å². The van der Waals surface area contributed by atoms with E-state index in [1.165, 1.54) is 16.2 Å². The molecule has 0 radical (unpaired) electrons. The lowest BCUT2D eigenvalue weighted by Gasteiger charge is -2.23. The van der Waals surface area contributed by atoms with Gasteiger partial charge in [-0.2, -0.15) is 0 Å². The first-order chi connectivity index (χ1) is 17.4. The fourth-order valence-electron chi connectivity index (χ4n) is 4.49. The molecule has 1 amide bonds. The summed E-state index contributed by atoms with van der Waals surface area (Å²) in [5, 5.41) is 12.2. The summed E-state index contributed by atoms with van der Waals surface area (Å²) in [4.78, 5) is 32.8. The summed E-state index contributed by atoms with van der Waals surface area (Å²) in [5.74, 6) is -0.873. The van der Waals surface area contributed by atoms with Crippen molar-refractivity contribution in [1.29, 1.82) is 0 Å². The molecule has 6 rings (SSSR count). The zero-order valence-electron chi connectivity index (χ0n) is 19.0. The number of Topliss-reactive ketones (excluding diaryl/α,β-unsaturated/α-hetero) is 1. The van der Waals surface area contributed by atoms with Crippen molar-refractivity contribution in [3.8, 4) is 11.5 Å². The summed E-state index contributed by atoms with van der Waals surface area (Å²) < 4.78 is 12.1. The van der Waals surface area contributed by atoms with Gasteiger partial charge >= 0.3 is 5.91 Å². The Labute approximate surface area is 215 Å². The second-order valence-corrected chi connectivity index (χ2v) is 10.00. The predicted octanol–water partition coefficient (Wildman–Crippen LogP) is 5.66. The van der Waals surface area contributed by atoms with Crippen molar-refractivity contribution in [3.05, 3.63) is 87.9 Å². The van der Waals surface area contributed by atoms with E-state index in [4.69, 9.17) is 21.1 Å². The highest BCUT2D eigenvalue weighted by Gasteiger charge is 2.48. The third-order valence-electron chi connectivity index (χ3n) is 6.16. The number of carbonyl (C=O) groups is 2. The summed E-state index contributed by atoms with van der Waals surface area (Å²) >= 11 is 7.60. The number of anilines is 1. The molecule has 180 valence electrons. The number of aromatic nitrogens is 1. The largest absolute Gasteiger partial charge is 0.507 e. The Morgan fingerprint density at radius 2 is 1.86 bits per heavy atom. The summed E-state index contributed by atoms with van der Waals surface area (Å²) in [6.07, 6.45) is 0. The van der Waals surface area contributed by atoms with E-state index in [-0.39, 0.29) is 11.3 Å². The van der Waals surface area contributed by atoms with E-state index in [1.807, 2.05) is 25.1 Å². The molecule has 1 aromatic heterocycles. The molecule has 0 bridgehead atoms. The predicted molar refractivity (Wildman–Crippen MR) is 138 cm³/mol. The third kappa shape index (κ3) is 3.70. The van der Waals surface area contributed by atoms with Gasteiger partial charge in [0.05, 0.1) is 21.8 Å². The molecule has 2 aliphatic rings. The molecule has 3 heterocycles. The SMILES string of the molecule is Cc1ccc2nc(N3C(=O)C(=O)/C(=C(/O)c4ccc5c(c4)OCCO5)[C@@H]3c3cccc(Cl)c3)sc2c1. The van der Waals surface area contributed by atoms with Crippen LogP contribution in [-0.2, 0) is 9.59 Å². The number of aliphatic hydroxyl groups excluding tert-OH is 1. The number of thiazole rings is 1. The molecule has 7 nitrogen and oxygen atoms in total. The quantitative estimate of drug-likeness (QED) is 0.214. The Kier molecular flexibility index (Phi) is 5.43. The van der Waals surface area contributed by atoms with Crippen LogP contribution in [0, 0.1) is 6.92 Å². The van der Waals surface area contributed by atoms with Crippen LogP contribution in [0.5, 0.6) is 11.5 Å². The van der Waals surface area contributed by atoms with Crippen molar-refractivity contribution in [1.82, 2.24) is 4.98 Å². The minimum Gasteiger partial charge on any atom is -0.507 e. The molecule has 1 fully saturated rings. The number of halogens is 1. The summed E-state index contributed by atoms with van der Waals surface area (Å²) in [7, 11) is 0. The van der Waals surface area contributed by atoms with Gasteiger partial charge in [-0.1, -0.05) is 41.1 Å². The van der Waals surface area contributed by atoms with E-state index in [1.54, 1.807) is 42.5 Å². The summed E-state index contributed by atoms with van der Waals surface area (Å²) in [6, 6.07) is 16.7. The average Bonchev–Trinajstić information content (AvgIpc) is 3.41. The van der Waals surface area contributed by atoms with Gasteiger partial charge in [-0.3, -0.25) is 14.5 Å². The Balaban J connectivity index is 1.54. The lowest BCUT2D eigenvalue weighted by molar-refractivity contribution is -0.132. The normalized spacial score (nSPS) is 18.7. The van der Waals surface area contributed by atoms with Gasteiger partial charge in [-0.25, -0.2) is 4.98 Å². The number of hydrogen-bond acceptors (Lipinski definition) is 7. The van der Waals surface area contributed by atoms with Crippen molar-refractivity contribution in [3.63, 3.8) is 0 Å². The molecule has 9 heteroatoms.